The van der Waals surface area contributed by atoms with Crippen molar-refractivity contribution in [3.8, 4) is 11.8 Å². The minimum Gasteiger partial charge on any atom is -0.386 e. The highest BCUT2D eigenvalue weighted by atomic mass is 16.6. The first-order valence-corrected chi connectivity index (χ1v) is 14.9. The van der Waals surface area contributed by atoms with Crippen molar-refractivity contribution < 1.29 is 24.1 Å². The van der Waals surface area contributed by atoms with Gasteiger partial charge >= 0.3 is 0 Å². The topological polar surface area (TPSA) is 57.2 Å². The van der Waals surface area contributed by atoms with E-state index in [1.165, 1.54) is 0 Å². The molecule has 4 aromatic rings. The molecule has 0 aliphatic heterocycles. The van der Waals surface area contributed by atoms with Crippen LogP contribution in [0.1, 0.15) is 35.6 Å². The Balaban J connectivity index is 1.35. The molecule has 0 saturated heterocycles. The van der Waals surface area contributed by atoms with Gasteiger partial charge in [-0.15, -0.1) is 5.92 Å². The molecule has 4 aromatic carbocycles. The van der Waals surface area contributed by atoms with Gasteiger partial charge in [0.15, 0.2) is 0 Å². The maximum atomic E-state index is 12.1. The molecule has 43 heavy (non-hydrogen) atoms. The largest absolute Gasteiger partial charge is 0.386 e. The first-order chi connectivity index (χ1) is 21.1. The summed E-state index contributed by atoms with van der Waals surface area (Å²) < 4.78 is 25.4. The Morgan fingerprint density at radius 2 is 1.00 bits per heavy atom. The minimum absolute atomic E-state index is 0.339. The lowest BCUT2D eigenvalue weighted by molar-refractivity contribution is -0.152. The molecule has 1 saturated carbocycles. The fourth-order valence-electron chi connectivity index (χ4n) is 5.43. The van der Waals surface area contributed by atoms with Gasteiger partial charge in [-0.25, -0.2) is 0 Å². The molecule has 1 fully saturated rings. The van der Waals surface area contributed by atoms with Gasteiger partial charge < -0.3 is 24.1 Å². The number of hydrogen-bond acceptors (Lipinski definition) is 5. The summed E-state index contributed by atoms with van der Waals surface area (Å²) in [4.78, 5) is 0. The van der Waals surface area contributed by atoms with Gasteiger partial charge in [0.05, 0.1) is 39.0 Å². The van der Waals surface area contributed by atoms with E-state index in [0.717, 1.165) is 22.3 Å². The van der Waals surface area contributed by atoms with E-state index < -0.39 is 29.8 Å². The third kappa shape index (κ3) is 8.64. The van der Waals surface area contributed by atoms with Crippen LogP contribution in [-0.2, 0) is 45.4 Å². The van der Waals surface area contributed by atoms with Gasteiger partial charge in [-0.1, -0.05) is 127 Å². The van der Waals surface area contributed by atoms with E-state index in [2.05, 4.69) is 11.8 Å². The van der Waals surface area contributed by atoms with Crippen molar-refractivity contribution in [1.29, 1.82) is 0 Å². The molecule has 222 valence electrons. The highest BCUT2D eigenvalue weighted by molar-refractivity contribution is 5.23. The van der Waals surface area contributed by atoms with Gasteiger partial charge in [0.25, 0.3) is 0 Å². The van der Waals surface area contributed by atoms with Crippen LogP contribution in [0.4, 0.5) is 0 Å². The van der Waals surface area contributed by atoms with Crippen molar-refractivity contribution in [2.45, 2.75) is 63.7 Å². The molecule has 5 rings (SSSR count). The number of hydrogen-bond donors (Lipinski definition) is 1. The van der Waals surface area contributed by atoms with Gasteiger partial charge in [0.1, 0.15) is 23.9 Å². The Morgan fingerprint density at radius 1 is 0.581 bits per heavy atom. The quantitative estimate of drug-likeness (QED) is 0.141. The molecule has 1 N–H and O–H groups in total. The Hall–Kier alpha value is -3.76. The predicted molar refractivity (Wildman–Crippen MR) is 168 cm³/mol. The van der Waals surface area contributed by atoms with E-state index in [1.54, 1.807) is 6.92 Å². The second kappa shape index (κ2) is 15.6. The molecule has 0 unspecified atom stereocenters. The Bertz CT molecular complexity index is 1410. The van der Waals surface area contributed by atoms with Gasteiger partial charge in [-0.2, -0.15) is 0 Å². The summed E-state index contributed by atoms with van der Waals surface area (Å²) >= 11 is 0. The molecule has 5 atom stereocenters. The maximum absolute atomic E-state index is 12.1. The lowest BCUT2D eigenvalue weighted by atomic mass is 9.90. The first-order valence-electron chi connectivity index (χ1n) is 14.9. The normalized spacial score (nSPS) is 23.0. The average molecular weight is 577 g/mol. The molecule has 0 radical (unpaired) electrons. The second-order valence-corrected chi connectivity index (χ2v) is 11.1. The van der Waals surface area contributed by atoms with Crippen LogP contribution in [0.2, 0.25) is 0 Å². The Labute approximate surface area is 255 Å². The molecule has 0 bridgehead atoms. The molecule has 0 heterocycles. The lowest BCUT2D eigenvalue weighted by Gasteiger charge is -2.30. The zero-order chi connectivity index (χ0) is 29.7. The van der Waals surface area contributed by atoms with Crippen molar-refractivity contribution in [2.75, 3.05) is 6.61 Å². The van der Waals surface area contributed by atoms with E-state index in [0.29, 0.717) is 39.5 Å². The van der Waals surface area contributed by atoms with E-state index in [9.17, 15) is 5.11 Å². The van der Waals surface area contributed by atoms with Gasteiger partial charge in [-0.3, -0.25) is 0 Å². The van der Waals surface area contributed by atoms with E-state index in [1.807, 2.05) is 121 Å². The zero-order valence-corrected chi connectivity index (χ0v) is 24.7. The smallest absolute Gasteiger partial charge is 0.116 e. The predicted octanol–water partition coefficient (Wildman–Crippen LogP) is 6.73. The molecule has 0 aromatic heterocycles. The zero-order valence-electron chi connectivity index (χ0n) is 24.7. The van der Waals surface area contributed by atoms with Gasteiger partial charge in [-0.05, 0) is 29.2 Å². The van der Waals surface area contributed by atoms with Crippen molar-refractivity contribution in [2.24, 2.45) is 5.92 Å². The summed E-state index contributed by atoms with van der Waals surface area (Å²) in [5, 5.41) is 12.1. The van der Waals surface area contributed by atoms with Crippen LogP contribution in [0, 0.1) is 17.8 Å². The second-order valence-electron chi connectivity index (χ2n) is 11.1. The monoisotopic (exact) mass is 576 g/mol. The van der Waals surface area contributed by atoms with Crippen LogP contribution in [-0.4, -0.2) is 35.6 Å². The van der Waals surface area contributed by atoms with Crippen LogP contribution in [0.25, 0.3) is 0 Å². The van der Waals surface area contributed by atoms with Crippen LogP contribution >= 0.6 is 0 Å². The fraction of sp³-hybridized carbons (Fsp3) is 0.316. The average Bonchev–Trinajstić information content (AvgIpc) is 3.25. The first kappa shape index (κ1) is 30.7. The number of aliphatic hydroxyl groups is 1. The lowest BCUT2D eigenvalue weighted by Crippen LogP contribution is -2.45. The summed E-state index contributed by atoms with van der Waals surface area (Å²) in [5.41, 5.74) is 2.90. The standard InChI is InChI=1S/C38H40O5/c1-38(39)34(24-14-15-25-40-26-30-16-6-2-7-17-30)35(41-27-31-18-8-3-9-19-31)36(42-28-32-20-10-4-11-21-32)37(38)43-29-33-22-12-5-13-23-33/h2-13,16-23,34-37,39H,15,25-29H2,1H3/t34-,35-,36+,37-,38+/m0/s1. The highest BCUT2D eigenvalue weighted by Crippen LogP contribution is 2.42. The summed E-state index contributed by atoms with van der Waals surface area (Å²) in [6, 6.07) is 40.1. The fourth-order valence-corrected chi connectivity index (χ4v) is 5.43. The summed E-state index contributed by atoms with van der Waals surface area (Å²) in [5.74, 6) is 6.07. The molecule has 5 nitrogen and oxygen atoms in total. The third-order valence-corrected chi connectivity index (χ3v) is 7.74. The number of ether oxygens (including phenoxy) is 4. The number of benzene rings is 4. The van der Waals surface area contributed by atoms with Gasteiger partial charge in [0.2, 0.25) is 0 Å². The van der Waals surface area contributed by atoms with Crippen molar-refractivity contribution >= 4 is 0 Å². The summed E-state index contributed by atoms with van der Waals surface area (Å²) in [7, 11) is 0. The molecule has 1 aliphatic carbocycles. The van der Waals surface area contributed by atoms with Crippen LogP contribution in [0.3, 0.4) is 0 Å². The van der Waals surface area contributed by atoms with Crippen molar-refractivity contribution in [3.05, 3.63) is 144 Å². The minimum atomic E-state index is -1.32. The highest BCUT2D eigenvalue weighted by Gasteiger charge is 2.59. The molecular weight excluding hydrogens is 536 g/mol. The molecule has 0 amide bonds. The molecule has 0 spiro atoms. The Morgan fingerprint density at radius 3 is 1.49 bits per heavy atom. The van der Waals surface area contributed by atoms with E-state index >= 15 is 0 Å². The van der Waals surface area contributed by atoms with Crippen molar-refractivity contribution in [1.82, 2.24) is 0 Å². The molecule has 1 aliphatic rings. The maximum Gasteiger partial charge on any atom is 0.116 e. The number of rotatable bonds is 13. The van der Waals surface area contributed by atoms with E-state index in [-0.39, 0.29) is 0 Å². The molecule has 5 heteroatoms. The molecular formula is C38H40O5. The van der Waals surface area contributed by atoms with Crippen LogP contribution < -0.4 is 0 Å². The van der Waals surface area contributed by atoms with Crippen LogP contribution in [0.5, 0.6) is 0 Å². The SMILES string of the molecule is C[C@@]1(O)[C@@H](C#CCCOCc2ccccc2)[C@H](OCc2ccccc2)[C@@H](OCc2ccccc2)[C@@H]1OCc1ccccc1. The Kier molecular flexibility index (Phi) is 11.2. The summed E-state index contributed by atoms with van der Waals surface area (Å²) in [6.45, 7) is 3.90. The van der Waals surface area contributed by atoms with E-state index in [4.69, 9.17) is 18.9 Å². The van der Waals surface area contributed by atoms with Gasteiger partial charge in [0, 0.05) is 6.42 Å². The third-order valence-electron chi connectivity index (χ3n) is 7.74. The summed E-state index contributed by atoms with van der Waals surface area (Å²) in [6.07, 6.45) is -1.19. The van der Waals surface area contributed by atoms with Crippen LogP contribution in [0.15, 0.2) is 121 Å². The van der Waals surface area contributed by atoms with Crippen molar-refractivity contribution in [3.63, 3.8) is 0 Å².